The molecule has 5 heteroatoms. The summed E-state index contributed by atoms with van der Waals surface area (Å²) in [6, 6.07) is 10.9. The number of carbonyl (C=O) groups is 1. The van der Waals surface area contributed by atoms with Crippen molar-refractivity contribution in [1.29, 1.82) is 0 Å². The number of ether oxygens (including phenoxy) is 1. The minimum Gasteiger partial charge on any atom is -0.481 e. The summed E-state index contributed by atoms with van der Waals surface area (Å²) < 4.78 is 18.3. The normalized spacial score (nSPS) is 10.2. The van der Waals surface area contributed by atoms with Gasteiger partial charge in [-0.3, -0.25) is 0 Å². The van der Waals surface area contributed by atoms with Gasteiger partial charge in [0.05, 0.1) is 0 Å². The Hall–Kier alpha value is -2.07. The van der Waals surface area contributed by atoms with Crippen LogP contribution in [-0.4, -0.2) is 17.7 Å². The van der Waals surface area contributed by atoms with E-state index in [1.54, 1.807) is 24.3 Å². The molecule has 0 aliphatic carbocycles. The summed E-state index contributed by atoms with van der Waals surface area (Å²) in [5, 5.41) is 9.10. The van der Waals surface area contributed by atoms with E-state index in [9.17, 15) is 9.18 Å². The minimum atomic E-state index is -1.13. The van der Waals surface area contributed by atoms with Crippen LogP contribution in [0.4, 0.5) is 4.39 Å². The van der Waals surface area contributed by atoms with Gasteiger partial charge in [0.15, 0.2) is 6.61 Å². The zero-order valence-electron chi connectivity index (χ0n) is 9.77. The number of carboxylic acid groups (broad SMARTS) is 1. The number of halogens is 2. The molecule has 0 aliphatic rings. The van der Waals surface area contributed by atoms with Crippen LogP contribution in [0.2, 0.25) is 5.02 Å². The second-order valence-corrected chi connectivity index (χ2v) is 4.21. The summed E-state index contributed by atoms with van der Waals surface area (Å²) in [5.41, 5.74) is 1.21. The predicted octanol–water partition coefficient (Wildman–Crippen LogP) is 3.61. The molecule has 0 fully saturated rings. The lowest BCUT2D eigenvalue weighted by Gasteiger charge is -2.11. The second-order valence-electron chi connectivity index (χ2n) is 3.80. The molecule has 1 N–H and O–H groups in total. The Balaban J connectivity index is 2.45. The van der Waals surface area contributed by atoms with Crippen LogP contribution in [-0.2, 0) is 4.79 Å². The lowest BCUT2D eigenvalue weighted by Crippen LogP contribution is -2.10. The van der Waals surface area contributed by atoms with E-state index in [1.165, 1.54) is 12.1 Å². The molecule has 2 aromatic carbocycles. The fraction of sp³-hybridized carbons (Fsp3) is 0.0714. The van der Waals surface area contributed by atoms with Gasteiger partial charge in [-0.15, -0.1) is 0 Å². The fourth-order valence-corrected chi connectivity index (χ4v) is 1.89. The van der Waals surface area contributed by atoms with Crippen molar-refractivity contribution in [3.8, 4) is 16.9 Å². The number of carboxylic acids is 1. The lowest BCUT2D eigenvalue weighted by atomic mass is 10.0. The number of benzene rings is 2. The standard InChI is InChI=1S/C14H10ClFO3/c15-12-4-2-1-3-10(12)11-6-5-9(16)7-13(11)19-8-14(17)18/h1-7H,8H2,(H,17,18). The van der Waals surface area contributed by atoms with Crippen molar-refractivity contribution >= 4 is 17.6 Å². The Bertz CT molecular complexity index is 613. The molecule has 0 saturated carbocycles. The van der Waals surface area contributed by atoms with E-state index in [2.05, 4.69) is 0 Å². The van der Waals surface area contributed by atoms with Gasteiger partial charge in [-0.05, 0) is 18.2 Å². The van der Waals surface area contributed by atoms with E-state index in [0.717, 1.165) is 6.07 Å². The highest BCUT2D eigenvalue weighted by Crippen LogP contribution is 2.35. The zero-order chi connectivity index (χ0) is 13.8. The van der Waals surface area contributed by atoms with E-state index >= 15 is 0 Å². The highest BCUT2D eigenvalue weighted by molar-refractivity contribution is 6.33. The van der Waals surface area contributed by atoms with Crippen LogP contribution in [0.1, 0.15) is 0 Å². The molecule has 0 radical (unpaired) electrons. The van der Waals surface area contributed by atoms with Crippen molar-refractivity contribution in [2.75, 3.05) is 6.61 Å². The number of hydrogen-bond acceptors (Lipinski definition) is 2. The molecular formula is C14H10ClFO3. The van der Waals surface area contributed by atoms with Crippen LogP contribution < -0.4 is 4.74 Å². The maximum absolute atomic E-state index is 13.2. The molecule has 2 aromatic rings. The van der Waals surface area contributed by atoms with Crippen molar-refractivity contribution < 1.29 is 19.0 Å². The molecule has 0 unspecified atom stereocenters. The lowest BCUT2D eigenvalue weighted by molar-refractivity contribution is -0.139. The minimum absolute atomic E-state index is 0.149. The first-order valence-corrected chi connectivity index (χ1v) is 5.85. The highest BCUT2D eigenvalue weighted by Gasteiger charge is 2.11. The Morgan fingerprint density at radius 3 is 2.63 bits per heavy atom. The molecule has 0 saturated heterocycles. The van der Waals surface area contributed by atoms with E-state index in [0.29, 0.717) is 16.1 Å². The topological polar surface area (TPSA) is 46.5 Å². The molecule has 0 spiro atoms. The molecular weight excluding hydrogens is 271 g/mol. The van der Waals surface area contributed by atoms with Gasteiger partial charge in [-0.1, -0.05) is 29.8 Å². The van der Waals surface area contributed by atoms with Crippen LogP contribution in [0.3, 0.4) is 0 Å². The van der Waals surface area contributed by atoms with Gasteiger partial charge in [0.2, 0.25) is 0 Å². The van der Waals surface area contributed by atoms with Crippen molar-refractivity contribution in [1.82, 2.24) is 0 Å². The monoisotopic (exact) mass is 280 g/mol. The smallest absolute Gasteiger partial charge is 0.341 e. The highest BCUT2D eigenvalue weighted by atomic mass is 35.5. The summed E-state index contributed by atoms with van der Waals surface area (Å²) in [5.74, 6) is -1.49. The summed E-state index contributed by atoms with van der Waals surface area (Å²) >= 11 is 6.07. The molecule has 0 bridgehead atoms. The average Bonchev–Trinajstić information content (AvgIpc) is 2.37. The largest absolute Gasteiger partial charge is 0.481 e. The SMILES string of the molecule is O=C(O)COc1cc(F)ccc1-c1ccccc1Cl. The number of hydrogen-bond donors (Lipinski definition) is 1. The number of aliphatic carboxylic acids is 1. The fourth-order valence-electron chi connectivity index (χ4n) is 1.66. The average molecular weight is 281 g/mol. The molecule has 98 valence electrons. The number of rotatable bonds is 4. The van der Waals surface area contributed by atoms with Crippen LogP contribution >= 0.6 is 11.6 Å². The summed E-state index contributed by atoms with van der Waals surface area (Å²) in [6.07, 6.45) is 0. The zero-order valence-corrected chi connectivity index (χ0v) is 10.5. The Morgan fingerprint density at radius 2 is 1.95 bits per heavy atom. The van der Waals surface area contributed by atoms with Gasteiger partial charge in [0.25, 0.3) is 0 Å². The molecule has 0 aliphatic heterocycles. The van der Waals surface area contributed by atoms with Gasteiger partial charge < -0.3 is 9.84 Å². The van der Waals surface area contributed by atoms with Crippen molar-refractivity contribution in [2.45, 2.75) is 0 Å². The third-order valence-electron chi connectivity index (χ3n) is 2.46. The summed E-state index contributed by atoms with van der Waals surface area (Å²) in [6.45, 7) is -0.541. The van der Waals surface area contributed by atoms with Gasteiger partial charge >= 0.3 is 5.97 Å². The van der Waals surface area contributed by atoms with Crippen molar-refractivity contribution in [3.05, 3.63) is 53.3 Å². The van der Waals surface area contributed by atoms with Crippen molar-refractivity contribution in [2.24, 2.45) is 0 Å². The molecule has 0 amide bonds. The maximum Gasteiger partial charge on any atom is 0.341 e. The molecule has 2 rings (SSSR count). The van der Waals surface area contributed by atoms with Crippen LogP contribution in [0.5, 0.6) is 5.75 Å². The first kappa shape index (κ1) is 13.4. The quantitative estimate of drug-likeness (QED) is 0.930. The predicted molar refractivity (Wildman–Crippen MR) is 70.0 cm³/mol. The van der Waals surface area contributed by atoms with E-state index in [-0.39, 0.29) is 5.75 Å². The van der Waals surface area contributed by atoms with Gasteiger partial charge in [0, 0.05) is 22.2 Å². The summed E-state index contributed by atoms with van der Waals surface area (Å²) in [7, 11) is 0. The van der Waals surface area contributed by atoms with E-state index < -0.39 is 18.4 Å². The first-order chi connectivity index (χ1) is 9.08. The Kier molecular flexibility index (Phi) is 4.02. The van der Waals surface area contributed by atoms with E-state index in [1.807, 2.05) is 0 Å². The van der Waals surface area contributed by atoms with E-state index in [4.69, 9.17) is 21.4 Å². The van der Waals surface area contributed by atoms with Crippen LogP contribution in [0, 0.1) is 5.82 Å². The molecule has 0 heterocycles. The second kappa shape index (κ2) is 5.71. The van der Waals surface area contributed by atoms with Crippen LogP contribution in [0.25, 0.3) is 11.1 Å². The molecule has 0 aromatic heterocycles. The molecule has 3 nitrogen and oxygen atoms in total. The van der Waals surface area contributed by atoms with Crippen molar-refractivity contribution in [3.63, 3.8) is 0 Å². The summed E-state index contributed by atoms with van der Waals surface area (Å²) in [4.78, 5) is 10.5. The van der Waals surface area contributed by atoms with Gasteiger partial charge in [-0.2, -0.15) is 0 Å². The maximum atomic E-state index is 13.2. The molecule has 19 heavy (non-hydrogen) atoms. The third kappa shape index (κ3) is 3.23. The Labute approximate surface area is 114 Å². The first-order valence-electron chi connectivity index (χ1n) is 5.47. The van der Waals surface area contributed by atoms with Gasteiger partial charge in [0.1, 0.15) is 11.6 Å². The van der Waals surface area contributed by atoms with Gasteiger partial charge in [-0.25, -0.2) is 9.18 Å². The Morgan fingerprint density at radius 1 is 1.21 bits per heavy atom. The van der Waals surface area contributed by atoms with Crippen LogP contribution in [0.15, 0.2) is 42.5 Å². The third-order valence-corrected chi connectivity index (χ3v) is 2.79. The molecule has 0 atom stereocenters.